The van der Waals surface area contributed by atoms with E-state index in [-0.39, 0.29) is 12.5 Å². The van der Waals surface area contributed by atoms with Crippen molar-refractivity contribution in [2.24, 2.45) is 0 Å². The van der Waals surface area contributed by atoms with Gasteiger partial charge in [-0.05, 0) is 37.1 Å². The van der Waals surface area contributed by atoms with E-state index in [0.717, 1.165) is 29.0 Å². The molecule has 32 heavy (non-hydrogen) atoms. The second-order valence-corrected chi connectivity index (χ2v) is 10.4. The van der Waals surface area contributed by atoms with Gasteiger partial charge in [-0.25, -0.2) is 8.42 Å². The van der Waals surface area contributed by atoms with Crippen molar-refractivity contribution < 1.29 is 18.0 Å². The first-order chi connectivity index (χ1) is 15.1. The van der Waals surface area contributed by atoms with Crippen LogP contribution in [0.1, 0.15) is 32.3 Å². The predicted octanol–water partition coefficient (Wildman–Crippen LogP) is 3.55. The molecule has 0 saturated heterocycles. The van der Waals surface area contributed by atoms with Crippen molar-refractivity contribution >= 4 is 43.5 Å². The Morgan fingerprint density at radius 2 is 1.78 bits per heavy atom. The molecule has 0 saturated carbocycles. The average Bonchev–Trinajstić information content (AvgIpc) is 2.75. The van der Waals surface area contributed by atoms with Crippen molar-refractivity contribution in [1.82, 2.24) is 10.2 Å². The molecule has 1 atom stereocenters. The highest BCUT2D eigenvalue weighted by molar-refractivity contribution is 9.10. The highest BCUT2D eigenvalue weighted by atomic mass is 79.9. The van der Waals surface area contributed by atoms with Crippen LogP contribution in [0.25, 0.3) is 0 Å². The lowest BCUT2D eigenvalue weighted by molar-refractivity contribution is -0.139. The quantitative estimate of drug-likeness (QED) is 0.456. The maximum Gasteiger partial charge on any atom is 0.244 e. The number of unbranched alkanes of at least 4 members (excludes halogenated alkanes) is 1. The molecule has 0 aliphatic heterocycles. The number of amides is 2. The number of hydrogen-bond donors (Lipinski definition) is 1. The predicted molar refractivity (Wildman–Crippen MR) is 131 cm³/mol. The monoisotopic (exact) mass is 523 g/mol. The van der Waals surface area contributed by atoms with E-state index in [1.54, 1.807) is 31.2 Å². The summed E-state index contributed by atoms with van der Waals surface area (Å²) in [5.41, 5.74) is 1.22. The Bertz CT molecular complexity index is 1010. The summed E-state index contributed by atoms with van der Waals surface area (Å²) >= 11 is 3.34. The second kappa shape index (κ2) is 12.0. The number of carbonyl (C=O) groups excluding carboxylic acids is 2. The Labute approximate surface area is 199 Å². The van der Waals surface area contributed by atoms with Crippen LogP contribution in [0.5, 0.6) is 0 Å². The zero-order valence-corrected chi connectivity index (χ0v) is 21.0. The van der Waals surface area contributed by atoms with E-state index in [4.69, 9.17) is 0 Å². The molecule has 9 heteroatoms. The van der Waals surface area contributed by atoms with Crippen LogP contribution in [0, 0.1) is 0 Å². The molecule has 0 radical (unpaired) electrons. The number of nitrogens with one attached hydrogen (secondary N) is 1. The van der Waals surface area contributed by atoms with Gasteiger partial charge in [-0.15, -0.1) is 0 Å². The third-order valence-electron chi connectivity index (χ3n) is 4.97. The molecule has 2 aromatic carbocycles. The van der Waals surface area contributed by atoms with Crippen LogP contribution in [0.15, 0.2) is 59.1 Å². The highest BCUT2D eigenvalue weighted by Crippen LogP contribution is 2.23. The fraction of sp³-hybridized carbons (Fsp3) is 0.391. The average molecular weight is 524 g/mol. The number of benzene rings is 2. The van der Waals surface area contributed by atoms with Gasteiger partial charge in [-0.3, -0.25) is 13.9 Å². The topological polar surface area (TPSA) is 86.8 Å². The summed E-state index contributed by atoms with van der Waals surface area (Å²) < 4.78 is 26.7. The molecule has 174 valence electrons. The SMILES string of the molecule is CCCCNC(=O)[C@@H](C)N(Cc1ccccc1)C(=O)CN(c1cccc(Br)c1)S(C)(=O)=O. The van der Waals surface area contributed by atoms with E-state index in [9.17, 15) is 18.0 Å². The minimum Gasteiger partial charge on any atom is -0.354 e. The summed E-state index contributed by atoms with van der Waals surface area (Å²) in [5, 5.41) is 2.86. The Morgan fingerprint density at radius 1 is 1.09 bits per heavy atom. The fourth-order valence-corrected chi connectivity index (χ4v) is 4.37. The number of carbonyl (C=O) groups is 2. The van der Waals surface area contributed by atoms with Gasteiger partial charge >= 0.3 is 0 Å². The summed E-state index contributed by atoms with van der Waals surface area (Å²) in [6.45, 7) is 4.00. The Morgan fingerprint density at radius 3 is 2.38 bits per heavy atom. The number of nitrogens with zero attached hydrogens (tertiary/aromatic N) is 2. The molecule has 1 N–H and O–H groups in total. The molecule has 0 fully saturated rings. The van der Waals surface area contributed by atoms with Gasteiger partial charge in [0.15, 0.2) is 0 Å². The summed E-state index contributed by atoms with van der Waals surface area (Å²) in [6.07, 6.45) is 2.84. The first kappa shape index (κ1) is 25.9. The molecule has 2 aromatic rings. The molecule has 7 nitrogen and oxygen atoms in total. The van der Waals surface area contributed by atoms with Crippen LogP contribution in [0.3, 0.4) is 0 Å². The lowest BCUT2D eigenvalue weighted by atomic mass is 10.1. The maximum atomic E-state index is 13.4. The third-order valence-corrected chi connectivity index (χ3v) is 6.60. The molecular weight excluding hydrogens is 494 g/mol. The molecule has 0 aliphatic rings. The van der Waals surface area contributed by atoms with E-state index in [1.165, 1.54) is 4.90 Å². The molecular formula is C23H30BrN3O4S. The van der Waals surface area contributed by atoms with Gasteiger partial charge in [0.25, 0.3) is 0 Å². The largest absolute Gasteiger partial charge is 0.354 e. The summed E-state index contributed by atoms with van der Waals surface area (Å²) in [4.78, 5) is 27.5. The van der Waals surface area contributed by atoms with Crippen molar-refractivity contribution in [3.63, 3.8) is 0 Å². The first-order valence-corrected chi connectivity index (χ1v) is 13.1. The van der Waals surface area contributed by atoms with E-state index >= 15 is 0 Å². The Hall–Kier alpha value is -2.39. The second-order valence-electron chi connectivity index (χ2n) is 7.58. The van der Waals surface area contributed by atoms with Gasteiger partial charge in [0.2, 0.25) is 21.8 Å². The lowest BCUT2D eigenvalue weighted by Crippen LogP contribution is -2.51. The van der Waals surface area contributed by atoms with Crippen molar-refractivity contribution in [3.05, 3.63) is 64.6 Å². The lowest BCUT2D eigenvalue weighted by Gasteiger charge is -2.31. The van der Waals surface area contributed by atoms with Crippen molar-refractivity contribution in [1.29, 1.82) is 0 Å². The van der Waals surface area contributed by atoms with Crippen LogP contribution in [0.2, 0.25) is 0 Å². The number of hydrogen-bond acceptors (Lipinski definition) is 4. The van der Waals surface area contributed by atoms with Crippen molar-refractivity contribution in [2.75, 3.05) is 23.7 Å². The van der Waals surface area contributed by atoms with Crippen LogP contribution >= 0.6 is 15.9 Å². The smallest absolute Gasteiger partial charge is 0.244 e. The van der Waals surface area contributed by atoms with Crippen molar-refractivity contribution in [3.8, 4) is 0 Å². The molecule has 0 spiro atoms. The third kappa shape index (κ3) is 7.63. The number of halogens is 1. The van der Waals surface area contributed by atoms with Gasteiger partial charge in [0.1, 0.15) is 12.6 Å². The fourth-order valence-electron chi connectivity index (χ4n) is 3.14. The molecule has 0 bridgehead atoms. The zero-order chi connectivity index (χ0) is 23.7. The summed E-state index contributed by atoms with van der Waals surface area (Å²) in [5.74, 6) is -0.728. The highest BCUT2D eigenvalue weighted by Gasteiger charge is 2.30. The number of rotatable bonds is 11. The Kier molecular flexibility index (Phi) is 9.71. The van der Waals surface area contributed by atoms with Gasteiger partial charge in [-0.2, -0.15) is 0 Å². The van der Waals surface area contributed by atoms with Crippen LogP contribution in [-0.4, -0.2) is 50.5 Å². The van der Waals surface area contributed by atoms with E-state index < -0.39 is 28.5 Å². The minimum atomic E-state index is -3.74. The summed E-state index contributed by atoms with van der Waals surface area (Å²) in [6, 6.07) is 15.3. The van der Waals surface area contributed by atoms with Crippen molar-refractivity contribution in [2.45, 2.75) is 39.3 Å². The van der Waals surface area contributed by atoms with E-state index in [0.29, 0.717) is 16.7 Å². The molecule has 0 aliphatic carbocycles. The zero-order valence-electron chi connectivity index (χ0n) is 18.6. The number of sulfonamides is 1. The van der Waals surface area contributed by atoms with E-state index in [2.05, 4.69) is 21.2 Å². The standard InChI is InChI=1S/C23H30BrN3O4S/c1-4-5-14-25-23(29)18(2)26(16-19-10-7-6-8-11-19)22(28)17-27(32(3,30)31)21-13-9-12-20(24)15-21/h6-13,15,18H,4-5,14,16-17H2,1-3H3,(H,25,29)/t18-/m1/s1. The summed E-state index contributed by atoms with van der Waals surface area (Å²) in [7, 11) is -3.74. The minimum absolute atomic E-state index is 0.193. The Balaban J connectivity index is 2.31. The normalized spacial score (nSPS) is 12.1. The number of anilines is 1. The maximum absolute atomic E-state index is 13.4. The first-order valence-electron chi connectivity index (χ1n) is 10.5. The van der Waals surface area contributed by atoms with Crippen LogP contribution in [-0.2, 0) is 26.2 Å². The molecule has 0 aromatic heterocycles. The van der Waals surface area contributed by atoms with E-state index in [1.807, 2.05) is 37.3 Å². The van der Waals surface area contributed by atoms with Crippen LogP contribution in [0.4, 0.5) is 5.69 Å². The van der Waals surface area contributed by atoms with Gasteiger partial charge < -0.3 is 10.2 Å². The molecule has 2 amide bonds. The van der Waals surface area contributed by atoms with Gasteiger partial charge in [0, 0.05) is 17.6 Å². The van der Waals surface area contributed by atoms with Gasteiger partial charge in [0.05, 0.1) is 11.9 Å². The molecule has 2 rings (SSSR count). The molecule has 0 unspecified atom stereocenters. The van der Waals surface area contributed by atoms with Crippen LogP contribution < -0.4 is 9.62 Å². The van der Waals surface area contributed by atoms with Gasteiger partial charge in [-0.1, -0.05) is 65.7 Å². The molecule has 0 heterocycles.